The summed E-state index contributed by atoms with van der Waals surface area (Å²) in [5.41, 5.74) is 2.29. The average Bonchev–Trinajstić information content (AvgIpc) is 2.23. The van der Waals surface area contributed by atoms with Gasteiger partial charge in [0.15, 0.2) is 0 Å². The highest BCUT2D eigenvalue weighted by Gasteiger charge is 2.08. The van der Waals surface area contributed by atoms with E-state index in [0.29, 0.717) is 10.6 Å². The summed E-state index contributed by atoms with van der Waals surface area (Å²) in [4.78, 5) is 0. The lowest BCUT2D eigenvalue weighted by atomic mass is 10.0. The molecule has 0 aliphatic carbocycles. The molecule has 1 aromatic rings. The lowest BCUT2D eigenvalue weighted by Gasteiger charge is -2.06. The molecule has 2 nitrogen and oxygen atoms in total. The van der Waals surface area contributed by atoms with Crippen molar-refractivity contribution in [2.75, 3.05) is 0 Å². The Morgan fingerprint density at radius 1 is 1.33 bits per heavy atom. The number of nitriles is 2. The fourth-order valence-electron chi connectivity index (χ4n) is 1.48. The van der Waals surface area contributed by atoms with E-state index in [1.165, 1.54) is 0 Å². The predicted molar refractivity (Wildman–Crippen MR) is 59.5 cm³/mol. The van der Waals surface area contributed by atoms with Crippen molar-refractivity contribution >= 4 is 11.6 Å². The van der Waals surface area contributed by atoms with Crippen LogP contribution < -0.4 is 0 Å². The highest BCUT2D eigenvalue weighted by molar-refractivity contribution is 6.32. The van der Waals surface area contributed by atoms with Crippen LogP contribution in [0.3, 0.4) is 0 Å². The maximum Gasteiger partial charge on any atom is 0.101 e. The van der Waals surface area contributed by atoms with Crippen LogP contribution in [-0.4, -0.2) is 0 Å². The molecular weight excluding hydrogens is 208 g/mol. The van der Waals surface area contributed by atoms with E-state index in [2.05, 4.69) is 19.1 Å². The zero-order valence-electron chi connectivity index (χ0n) is 8.55. The van der Waals surface area contributed by atoms with Crippen molar-refractivity contribution in [3.63, 3.8) is 0 Å². The van der Waals surface area contributed by atoms with Gasteiger partial charge in [-0.2, -0.15) is 10.5 Å². The molecule has 0 unspecified atom stereocenters. The van der Waals surface area contributed by atoms with Crippen molar-refractivity contribution in [1.29, 1.82) is 10.5 Å². The van der Waals surface area contributed by atoms with Crippen LogP contribution in [0.15, 0.2) is 12.1 Å². The zero-order chi connectivity index (χ0) is 11.3. The standard InChI is InChI=1S/C12H11ClN2/c1-2-3-9-6-10(4-5-14)12(13)11(7-9)8-15/h6-7H,2-4H2,1H3. The third-order valence-corrected chi connectivity index (χ3v) is 2.58. The van der Waals surface area contributed by atoms with Crippen LogP contribution in [-0.2, 0) is 12.8 Å². The van der Waals surface area contributed by atoms with Gasteiger partial charge >= 0.3 is 0 Å². The molecule has 0 aromatic heterocycles. The van der Waals surface area contributed by atoms with Crippen LogP contribution in [0, 0.1) is 22.7 Å². The molecule has 3 heteroatoms. The monoisotopic (exact) mass is 218 g/mol. The summed E-state index contributed by atoms with van der Waals surface area (Å²) < 4.78 is 0. The normalized spacial score (nSPS) is 9.33. The summed E-state index contributed by atoms with van der Waals surface area (Å²) in [6.07, 6.45) is 2.17. The van der Waals surface area contributed by atoms with Crippen LogP contribution in [0.2, 0.25) is 5.02 Å². The fraction of sp³-hybridized carbons (Fsp3) is 0.333. The van der Waals surface area contributed by atoms with Gasteiger partial charge in [-0.3, -0.25) is 0 Å². The number of benzene rings is 1. The smallest absolute Gasteiger partial charge is 0.101 e. The Balaban J connectivity index is 3.21. The molecule has 0 saturated heterocycles. The highest BCUT2D eigenvalue weighted by atomic mass is 35.5. The lowest BCUT2D eigenvalue weighted by Crippen LogP contribution is -1.93. The van der Waals surface area contributed by atoms with E-state index < -0.39 is 0 Å². The molecule has 0 heterocycles. The number of aryl methyl sites for hydroxylation is 1. The van der Waals surface area contributed by atoms with Crippen molar-refractivity contribution in [3.8, 4) is 12.1 Å². The average molecular weight is 219 g/mol. The Morgan fingerprint density at radius 2 is 2.07 bits per heavy atom. The van der Waals surface area contributed by atoms with Gasteiger partial charge in [0.25, 0.3) is 0 Å². The number of rotatable bonds is 3. The van der Waals surface area contributed by atoms with Crippen LogP contribution in [0.1, 0.15) is 30.0 Å². The second kappa shape index (κ2) is 5.39. The molecule has 1 rings (SSSR count). The van der Waals surface area contributed by atoms with E-state index in [9.17, 15) is 0 Å². The SMILES string of the molecule is CCCc1cc(C#N)c(Cl)c(CC#N)c1. The summed E-state index contributed by atoms with van der Waals surface area (Å²) >= 11 is 5.99. The number of halogens is 1. The van der Waals surface area contributed by atoms with Gasteiger partial charge < -0.3 is 0 Å². The molecule has 0 aliphatic heterocycles. The van der Waals surface area contributed by atoms with Crippen molar-refractivity contribution in [2.24, 2.45) is 0 Å². The molecular formula is C12H11ClN2. The van der Waals surface area contributed by atoms with Crippen LogP contribution in [0.25, 0.3) is 0 Å². The first-order valence-corrected chi connectivity index (χ1v) is 5.19. The molecule has 0 radical (unpaired) electrons. The second-order valence-electron chi connectivity index (χ2n) is 3.31. The first-order valence-electron chi connectivity index (χ1n) is 4.81. The summed E-state index contributed by atoms with van der Waals surface area (Å²) in [6, 6.07) is 7.81. The maximum absolute atomic E-state index is 8.89. The van der Waals surface area contributed by atoms with E-state index in [1.807, 2.05) is 6.07 Å². The van der Waals surface area contributed by atoms with Crippen LogP contribution >= 0.6 is 11.6 Å². The van der Waals surface area contributed by atoms with Gasteiger partial charge in [-0.05, 0) is 23.6 Å². The van der Waals surface area contributed by atoms with E-state index >= 15 is 0 Å². The Bertz CT molecular complexity index is 438. The Hall–Kier alpha value is -1.51. The summed E-state index contributed by atoms with van der Waals surface area (Å²) in [7, 11) is 0. The van der Waals surface area contributed by atoms with E-state index in [0.717, 1.165) is 24.0 Å². The molecule has 1 aromatic carbocycles. The third-order valence-electron chi connectivity index (χ3n) is 2.14. The summed E-state index contributed by atoms with van der Waals surface area (Å²) in [5, 5.41) is 17.9. The molecule has 15 heavy (non-hydrogen) atoms. The van der Waals surface area contributed by atoms with Crippen LogP contribution in [0.5, 0.6) is 0 Å². The van der Waals surface area contributed by atoms with Gasteiger partial charge in [0.05, 0.1) is 23.1 Å². The molecule has 0 fully saturated rings. The fourth-order valence-corrected chi connectivity index (χ4v) is 1.70. The minimum atomic E-state index is 0.255. The molecule has 0 aliphatic rings. The number of hydrogen-bond donors (Lipinski definition) is 0. The van der Waals surface area contributed by atoms with Crippen molar-refractivity contribution < 1.29 is 0 Å². The van der Waals surface area contributed by atoms with Gasteiger partial charge in [0.1, 0.15) is 6.07 Å². The Morgan fingerprint density at radius 3 is 2.60 bits per heavy atom. The first kappa shape index (κ1) is 11.6. The molecule has 76 valence electrons. The zero-order valence-corrected chi connectivity index (χ0v) is 9.30. The Kier molecular flexibility index (Phi) is 4.16. The second-order valence-corrected chi connectivity index (χ2v) is 3.69. The van der Waals surface area contributed by atoms with Crippen LogP contribution in [0.4, 0.5) is 0 Å². The Labute approximate surface area is 94.7 Å². The van der Waals surface area contributed by atoms with Gasteiger partial charge in [0.2, 0.25) is 0 Å². The summed E-state index contributed by atoms with van der Waals surface area (Å²) in [5.74, 6) is 0. The minimum Gasteiger partial charge on any atom is -0.198 e. The van der Waals surface area contributed by atoms with E-state index in [1.54, 1.807) is 6.07 Å². The molecule has 0 atom stereocenters. The van der Waals surface area contributed by atoms with Crippen molar-refractivity contribution in [1.82, 2.24) is 0 Å². The molecule has 0 spiro atoms. The van der Waals surface area contributed by atoms with Crippen molar-refractivity contribution in [2.45, 2.75) is 26.2 Å². The maximum atomic E-state index is 8.89. The molecule has 0 saturated carbocycles. The first-order chi connectivity index (χ1) is 7.22. The topological polar surface area (TPSA) is 47.6 Å². The predicted octanol–water partition coefficient (Wildman–Crippen LogP) is 3.23. The van der Waals surface area contributed by atoms with Gasteiger partial charge in [0, 0.05) is 0 Å². The van der Waals surface area contributed by atoms with Gasteiger partial charge in [-0.15, -0.1) is 0 Å². The van der Waals surface area contributed by atoms with Gasteiger partial charge in [-0.25, -0.2) is 0 Å². The highest BCUT2D eigenvalue weighted by Crippen LogP contribution is 2.23. The van der Waals surface area contributed by atoms with E-state index in [4.69, 9.17) is 22.1 Å². The van der Waals surface area contributed by atoms with Gasteiger partial charge in [-0.1, -0.05) is 31.0 Å². The van der Waals surface area contributed by atoms with Crippen molar-refractivity contribution in [3.05, 3.63) is 33.8 Å². The largest absolute Gasteiger partial charge is 0.198 e. The molecule has 0 amide bonds. The molecule has 0 N–H and O–H groups in total. The number of nitrogens with zero attached hydrogens (tertiary/aromatic N) is 2. The minimum absolute atomic E-state index is 0.255. The number of hydrogen-bond acceptors (Lipinski definition) is 2. The third kappa shape index (κ3) is 2.72. The lowest BCUT2D eigenvalue weighted by molar-refractivity contribution is 0.918. The van der Waals surface area contributed by atoms with E-state index in [-0.39, 0.29) is 6.42 Å². The quantitative estimate of drug-likeness (QED) is 0.782. The summed E-state index contributed by atoms with van der Waals surface area (Å²) in [6.45, 7) is 2.07. The molecule has 0 bridgehead atoms.